The first-order valence-corrected chi connectivity index (χ1v) is 10.3. The fourth-order valence-electron chi connectivity index (χ4n) is 3.20. The van der Waals surface area contributed by atoms with Crippen molar-refractivity contribution in [2.45, 2.75) is 13.0 Å². The second-order valence-corrected chi connectivity index (χ2v) is 7.20. The zero-order chi connectivity index (χ0) is 22.3. The van der Waals surface area contributed by atoms with Crippen LogP contribution in [0.3, 0.4) is 0 Å². The third-order valence-electron chi connectivity index (χ3n) is 4.77. The molecule has 8 heteroatoms. The van der Waals surface area contributed by atoms with Gasteiger partial charge >= 0.3 is 0 Å². The molecule has 32 heavy (non-hydrogen) atoms. The lowest BCUT2D eigenvalue weighted by molar-refractivity contribution is 0.0945. The summed E-state index contributed by atoms with van der Waals surface area (Å²) in [6, 6.07) is 18.5. The summed E-state index contributed by atoms with van der Waals surface area (Å²) in [5.74, 6) is 1.07. The molecule has 0 saturated heterocycles. The lowest BCUT2D eigenvalue weighted by Gasteiger charge is -2.15. The quantitative estimate of drug-likeness (QED) is 0.422. The van der Waals surface area contributed by atoms with E-state index in [0.29, 0.717) is 23.6 Å². The molecule has 0 bridgehead atoms. The van der Waals surface area contributed by atoms with Crippen LogP contribution in [0.15, 0.2) is 73.2 Å². The van der Waals surface area contributed by atoms with Crippen molar-refractivity contribution in [1.29, 1.82) is 0 Å². The van der Waals surface area contributed by atoms with E-state index in [2.05, 4.69) is 15.3 Å². The van der Waals surface area contributed by atoms with Gasteiger partial charge in [-0.3, -0.25) is 9.36 Å². The SMILES string of the molecule is CC(COc1ccc(-n2cnc3cc(C(=O)NCCO)ccc32)cc1)Oc1ccccn1. The first-order chi connectivity index (χ1) is 15.6. The van der Waals surface area contributed by atoms with Crippen LogP contribution in [0.25, 0.3) is 16.7 Å². The van der Waals surface area contributed by atoms with Gasteiger partial charge in [-0.05, 0) is 55.5 Å². The maximum Gasteiger partial charge on any atom is 0.251 e. The Morgan fingerprint density at radius 1 is 1.12 bits per heavy atom. The number of carbonyl (C=O) groups excluding carboxylic acids is 1. The van der Waals surface area contributed by atoms with Crippen molar-refractivity contribution < 1.29 is 19.4 Å². The van der Waals surface area contributed by atoms with E-state index in [1.54, 1.807) is 24.7 Å². The van der Waals surface area contributed by atoms with Crippen LogP contribution < -0.4 is 14.8 Å². The van der Waals surface area contributed by atoms with Crippen LogP contribution in [-0.4, -0.2) is 51.4 Å². The Labute approximate surface area is 185 Å². The number of aliphatic hydroxyl groups is 1. The van der Waals surface area contributed by atoms with E-state index in [0.717, 1.165) is 17.0 Å². The van der Waals surface area contributed by atoms with Gasteiger partial charge in [-0.15, -0.1) is 0 Å². The topological polar surface area (TPSA) is 98.5 Å². The normalized spacial score (nSPS) is 11.8. The number of aromatic nitrogens is 3. The highest BCUT2D eigenvalue weighted by Crippen LogP contribution is 2.22. The van der Waals surface area contributed by atoms with Gasteiger partial charge in [-0.1, -0.05) is 6.07 Å². The predicted octanol–water partition coefficient (Wildman–Crippen LogP) is 2.99. The molecule has 0 aliphatic heterocycles. The molecule has 0 saturated carbocycles. The minimum atomic E-state index is -0.238. The number of hydrogen-bond acceptors (Lipinski definition) is 6. The number of ether oxygens (including phenoxy) is 2. The predicted molar refractivity (Wildman–Crippen MR) is 120 cm³/mol. The summed E-state index contributed by atoms with van der Waals surface area (Å²) in [6.45, 7) is 2.44. The van der Waals surface area contributed by atoms with Crippen molar-refractivity contribution in [2.24, 2.45) is 0 Å². The van der Waals surface area contributed by atoms with Gasteiger partial charge in [0.15, 0.2) is 0 Å². The maximum atomic E-state index is 12.1. The third kappa shape index (κ3) is 5.04. The van der Waals surface area contributed by atoms with Gasteiger partial charge in [0.05, 0.1) is 17.6 Å². The van der Waals surface area contributed by atoms with Crippen molar-refractivity contribution in [3.05, 3.63) is 78.8 Å². The van der Waals surface area contributed by atoms with E-state index >= 15 is 0 Å². The average molecular weight is 432 g/mol. The summed E-state index contributed by atoms with van der Waals surface area (Å²) >= 11 is 0. The van der Waals surface area contributed by atoms with Crippen LogP contribution in [0.4, 0.5) is 0 Å². The number of pyridine rings is 1. The number of nitrogens with zero attached hydrogens (tertiary/aromatic N) is 3. The minimum Gasteiger partial charge on any atom is -0.490 e. The van der Waals surface area contributed by atoms with Gasteiger partial charge in [-0.25, -0.2) is 9.97 Å². The first-order valence-electron chi connectivity index (χ1n) is 10.3. The Hall–Kier alpha value is -3.91. The summed E-state index contributed by atoms with van der Waals surface area (Å²) in [5, 5.41) is 11.5. The molecule has 4 aromatic rings. The Kier molecular flexibility index (Phi) is 6.62. The summed E-state index contributed by atoms with van der Waals surface area (Å²) in [7, 11) is 0. The number of rotatable bonds is 9. The summed E-state index contributed by atoms with van der Waals surface area (Å²) in [4.78, 5) is 20.7. The smallest absolute Gasteiger partial charge is 0.251 e. The van der Waals surface area contributed by atoms with E-state index in [-0.39, 0.29) is 25.2 Å². The molecule has 0 fully saturated rings. The summed E-state index contributed by atoms with van der Waals surface area (Å²) < 4.78 is 13.5. The van der Waals surface area contributed by atoms with Crippen LogP contribution in [-0.2, 0) is 0 Å². The third-order valence-corrected chi connectivity index (χ3v) is 4.77. The molecule has 0 aliphatic carbocycles. The summed E-state index contributed by atoms with van der Waals surface area (Å²) in [5.41, 5.74) is 3.02. The monoisotopic (exact) mass is 432 g/mol. The van der Waals surface area contributed by atoms with Crippen molar-refractivity contribution in [2.75, 3.05) is 19.8 Å². The fourth-order valence-corrected chi connectivity index (χ4v) is 3.20. The summed E-state index contributed by atoms with van der Waals surface area (Å²) in [6.07, 6.45) is 3.26. The molecule has 2 aromatic heterocycles. The fraction of sp³-hybridized carbons (Fsp3) is 0.208. The molecular formula is C24H24N4O4. The van der Waals surface area contributed by atoms with Gasteiger partial charge in [-0.2, -0.15) is 0 Å². The molecule has 2 heterocycles. The number of fused-ring (bicyclic) bond motifs is 1. The Balaban J connectivity index is 1.40. The average Bonchev–Trinajstić information content (AvgIpc) is 3.25. The van der Waals surface area contributed by atoms with Crippen LogP contribution in [0.1, 0.15) is 17.3 Å². The molecule has 8 nitrogen and oxygen atoms in total. The first kappa shape index (κ1) is 21.3. The lowest BCUT2D eigenvalue weighted by atomic mass is 10.2. The molecule has 164 valence electrons. The van der Waals surface area contributed by atoms with Crippen LogP contribution in [0.2, 0.25) is 0 Å². The number of aliphatic hydroxyl groups excluding tert-OH is 1. The van der Waals surface area contributed by atoms with E-state index in [1.807, 2.05) is 60.0 Å². The largest absolute Gasteiger partial charge is 0.490 e. The molecule has 0 radical (unpaired) electrons. The Morgan fingerprint density at radius 2 is 1.97 bits per heavy atom. The zero-order valence-corrected chi connectivity index (χ0v) is 17.6. The highest BCUT2D eigenvalue weighted by molar-refractivity contribution is 5.97. The van der Waals surface area contributed by atoms with Gasteiger partial charge in [0.25, 0.3) is 5.91 Å². The van der Waals surface area contributed by atoms with Gasteiger partial charge < -0.3 is 19.9 Å². The maximum absolute atomic E-state index is 12.1. The van der Waals surface area contributed by atoms with Crippen molar-refractivity contribution in [1.82, 2.24) is 19.9 Å². The van der Waals surface area contributed by atoms with Crippen LogP contribution >= 0.6 is 0 Å². The van der Waals surface area contributed by atoms with E-state index in [1.165, 1.54) is 0 Å². The Bertz CT molecular complexity index is 1180. The minimum absolute atomic E-state index is 0.0987. The zero-order valence-electron chi connectivity index (χ0n) is 17.6. The molecule has 2 N–H and O–H groups in total. The van der Waals surface area contributed by atoms with Gasteiger partial charge in [0, 0.05) is 30.1 Å². The lowest BCUT2D eigenvalue weighted by Crippen LogP contribution is -2.26. The second kappa shape index (κ2) is 9.93. The molecular weight excluding hydrogens is 408 g/mol. The number of imidazole rings is 1. The molecule has 1 unspecified atom stereocenters. The van der Waals surface area contributed by atoms with Crippen LogP contribution in [0, 0.1) is 0 Å². The molecule has 1 atom stereocenters. The van der Waals surface area contributed by atoms with Crippen molar-refractivity contribution in [3.63, 3.8) is 0 Å². The van der Waals surface area contributed by atoms with Gasteiger partial charge in [0.1, 0.15) is 24.8 Å². The Morgan fingerprint density at radius 3 is 2.72 bits per heavy atom. The molecule has 2 aromatic carbocycles. The number of amides is 1. The number of carbonyl (C=O) groups is 1. The van der Waals surface area contributed by atoms with Crippen molar-refractivity contribution >= 4 is 16.9 Å². The highest BCUT2D eigenvalue weighted by atomic mass is 16.5. The molecule has 0 spiro atoms. The van der Waals surface area contributed by atoms with E-state index in [9.17, 15) is 4.79 Å². The number of benzene rings is 2. The van der Waals surface area contributed by atoms with E-state index in [4.69, 9.17) is 14.6 Å². The number of nitrogens with one attached hydrogen (secondary N) is 1. The second-order valence-electron chi connectivity index (χ2n) is 7.20. The molecule has 0 aliphatic rings. The molecule has 4 rings (SSSR count). The highest BCUT2D eigenvalue weighted by Gasteiger charge is 2.11. The van der Waals surface area contributed by atoms with Crippen molar-refractivity contribution in [3.8, 4) is 17.3 Å². The standard InChI is InChI=1S/C24H24N4O4/c1-17(32-23-4-2-3-11-25-23)15-31-20-8-6-19(7-9-20)28-16-27-21-14-18(5-10-22(21)28)24(30)26-12-13-29/h2-11,14,16-17,29H,12-13,15H2,1H3,(H,26,30). The van der Waals surface area contributed by atoms with E-state index < -0.39 is 0 Å². The van der Waals surface area contributed by atoms with Gasteiger partial charge in [0.2, 0.25) is 5.88 Å². The number of hydrogen-bond donors (Lipinski definition) is 2. The molecule has 1 amide bonds. The van der Waals surface area contributed by atoms with Crippen LogP contribution in [0.5, 0.6) is 11.6 Å².